The topological polar surface area (TPSA) is 80.3 Å². The molecule has 1 aromatic heterocycles. The van der Waals surface area contributed by atoms with Crippen LogP contribution < -0.4 is 15.4 Å². The first-order valence-electron chi connectivity index (χ1n) is 8.50. The van der Waals surface area contributed by atoms with Crippen molar-refractivity contribution in [2.24, 2.45) is 0 Å². The van der Waals surface area contributed by atoms with Gasteiger partial charge in [-0.3, -0.25) is 9.59 Å². The summed E-state index contributed by atoms with van der Waals surface area (Å²) in [6.45, 7) is 0. The second kappa shape index (κ2) is 8.78. The van der Waals surface area contributed by atoms with Crippen molar-refractivity contribution in [3.63, 3.8) is 0 Å². The highest BCUT2D eigenvalue weighted by Gasteiger charge is 2.24. The molecule has 9 heteroatoms. The van der Waals surface area contributed by atoms with E-state index >= 15 is 0 Å². The molecule has 2 N–H and O–H groups in total. The van der Waals surface area contributed by atoms with Gasteiger partial charge in [0.05, 0.1) is 7.11 Å². The maximum absolute atomic E-state index is 13.6. The molecule has 0 aliphatic rings. The van der Waals surface area contributed by atoms with E-state index in [1.807, 2.05) is 12.1 Å². The second-order valence-electron chi connectivity index (χ2n) is 5.96. The van der Waals surface area contributed by atoms with E-state index in [1.165, 1.54) is 24.5 Å². The molecule has 29 heavy (non-hydrogen) atoms. The maximum atomic E-state index is 13.6. The number of hydrogen-bond acceptors (Lipinski definition) is 5. The van der Waals surface area contributed by atoms with Crippen molar-refractivity contribution in [2.45, 2.75) is 6.04 Å². The largest absolute Gasteiger partial charge is 0.497 e. The Morgan fingerprint density at radius 3 is 2.45 bits per heavy atom. The molecule has 2 aromatic carbocycles. The number of benzene rings is 2. The van der Waals surface area contributed by atoms with Crippen LogP contribution in [0.1, 0.15) is 22.1 Å². The minimum atomic E-state index is -1.20. The summed E-state index contributed by atoms with van der Waals surface area (Å²) in [5, 5.41) is 7.08. The Balaban J connectivity index is 1.81. The summed E-state index contributed by atoms with van der Waals surface area (Å²) >= 11 is 1.26. The molecule has 150 valence electrons. The van der Waals surface area contributed by atoms with E-state index in [0.29, 0.717) is 10.8 Å². The lowest BCUT2D eigenvalue weighted by atomic mass is 10.1. The third-order valence-corrected chi connectivity index (χ3v) is 5.03. The number of amides is 2. The first-order valence-corrected chi connectivity index (χ1v) is 9.38. The highest BCUT2D eigenvalue weighted by molar-refractivity contribution is 7.13. The van der Waals surface area contributed by atoms with Gasteiger partial charge in [0.2, 0.25) is 5.91 Å². The normalized spacial score (nSPS) is 11.6. The Morgan fingerprint density at radius 2 is 1.83 bits per heavy atom. The van der Waals surface area contributed by atoms with Gasteiger partial charge < -0.3 is 15.4 Å². The molecule has 1 unspecified atom stereocenters. The van der Waals surface area contributed by atoms with E-state index in [4.69, 9.17) is 4.74 Å². The molecule has 0 saturated carbocycles. The van der Waals surface area contributed by atoms with Crippen LogP contribution in [-0.4, -0.2) is 31.0 Å². The lowest BCUT2D eigenvalue weighted by Crippen LogP contribution is -2.39. The third kappa shape index (κ3) is 4.57. The predicted octanol–water partition coefficient (Wildman–Crippen LogP) is 3.31. The van der Waals surface area contributed by atoms with Gasteiger partial charge in [-0.2, -0.15) is 0 Å². The zero-order chi connectivity index (χ0) is 21.0. The average Bonchev–Trinajstić information content (AvgIpc) is 3.24. The van der Waals surface area contributed by atoms with Crippen molar-refractivity contribution in [1.29, 1.82) is 0 Å². The van der Waals surface area contributed by atoms with E-state index in [0.717, 1.165) is 17.7 Å². The molecule has 0 fully saturated rings. The summed E-state index contributed by atoms with van der Waals surface area (Å²) in [4.78, 5) is 29.1. The number of thiazole rings is 1. The van der Waals surface area contributed by atoms with Crippen LogP contribution in [0.25, 0.3) is 10.6 Å². The van der Waals surface area contributed by atoms with Gasteiger partial charge in [-0.05, 0) is 42.0 Å². The van der Waals surface area contributed by atoms with Gasteiger partial charge in [0.25, 0.3) is 5.91 Å². The quantitative estimate of drug-likeness (QED) is 0.645. The van der Waals surface area contributed by atoms with Crippen molar-refractivity contribution in [2.75, 3.05) is 14.2 Å². The Hall–Kier alpha value is -3.33. The summed E-state index contributed by atoms with van der Waals surface area (Å²) in [6.07, 6.45) is 0. The molecule has 0 saturated heterocycles. The SMILES string of the molecule is CNC(=O)C(NC(=O)c1csc(-c2ccc(OC)cc2)n1)c1ccc(F)c(F)c1. The summed E-state index contributed by atoms with van der Waals surface area (Å²) in [7, 11) is 2.95. The predicted molar refractivity (Wildman–Crippen MR) is 105 cm³/mol. The fourth-order valence-electron chi connectivity index (χ4n) is 2.59. The van der Waals surface area contributed by atoms with Gasteiger partial charge in [0, 0.05) is 18.0 Å². The van der Waals surface area contributed by atoms with Crippen LogP contribution in [0.15, 0.2) is 47.8 Å². The molecule has 3 aromatic rings. The van der Waals surface area contributed by atoms with Crippen LogP contribution in [0.2, 0.25) is 0 Å². The molecule has 1 heterocycles. The molecule has 1 atom stereocenters. The summed E-state index contributed by atoms with van der Waals surface area (Å²) in [5.74, 6) is -2.64. The number of hydrogen-bond donors (Lipinski definition) is 2. The summed E-state index contributed by atoms with van der Waals surface area (Å²) < 4.78 is 31.9. The van der Waals surface area contributed by atoms with Crippen LogP contribution in [0.4, 0.5) is 8.78 Å². The Morgan fingerprint density at radius 1 is 1.10 bits per heavy atom. The molecular weight excluding hydrogens is 400 g/mol. The van der Waals surface area contributed by atoms with Crippen LogP contribution >= 0.6 is 11.3 Å². The summed E-state index contributed by atoms with van der Waals surface area (Å²) in [6, 6.07) is 9.00. The summed E-state index contributed by atoms with van der Waals surface area (Å²) in [5.41, 5.74) is 1.03. The monoisotopic (exact) mass is 417 g/mol. The number of methoxy groups -OCH3 is 1. The molecule has 2 amide bonds. The molecule has 6 nitrogen and oxygen atoms in total. The number of aromatic nitrogens is 1. The van der Waals surface area contributed by atoms with E-state index in [9.17, 15) is 18.4 Å². The average molecular weight is 417 g/mol. The van der Waals surface area contributed by atoms with E-state index in [1.54, 1.807) is 24.6 Å². The Labute approximate surface area is 169 Å². The van der Waals surface area contributed by atoms with Gasteiger partial charge in [0.1, 0.15) is 22.5 Å². The van der Waals surface area contributed by atoms with Crippen LogP contribution in [-0.2, 0) is 4.79 Å². The van der Waals surface area contributed by atoms with Gasteiger partial charge in [-0.25, -0.2) is 13.8 Å². The van der Waals surface area contributed by atoms with E-state index in [2.05, 4.69) is 15.6 Å². The van der Waals surface area contributed by atoms with E-state index in [-0.39, 0.29) is 11.3 Å². The number of carbonyl (C=O) groups is 2. The Kier molecular flexibility index (Phi) is 6.18. The number of likely N-dealkylation sites (N-methyl/N-ethyl adjacent to an activating group) is 1. The minimum absolute atomic E-state index is 0.109. The number of nitrogens with zero attached hydrogens (tertiary/aromatic N) is 1. The van der Waals surface area contributed by atoms with Crippen molar-refractivity contribution < 1.29 is 23.1 Å². The molecule has 0 radical (unpaired) electrons. The zero-order valence-corrected chi connectivity index (χ0v) is 16.3. The van der Waals surface area contributed by atoms with Crippen LogP contribution in [0.3, 0.4) is 0 Å². The molecule has 3 rings (SSSR count). The molecular formula is C20H17F2N3O3S. The fraction of sp³-hybridized carbons (Fsp3) is 0.150. The van der Waals surface area contributed by atoms with Gasteiger partial charge >= 0.3 is 0 Å². The zero-order valence-electron chi connectivity index (χ0n) is 15.5. The highest BCUT2D eigenvalue weighted by Crippen LogP contribution is 2.26. The lowest BCUT2D eigenvalue weighted by molar-refractivity contribution is -0.122. The van der Waals surface area contributed by atoms with E-state index < -0.39 is 29.5 Å². The standard InChI is InChI=1S/C20H17F2N3O3S/c1-23-19(27)17(12-5-8-14(21)15(22)9-12)25-18(26)16-10-29-20(24-16)11-3-6-13(28-2)7-4-11/h3-10,17H,1-2H3,(H,23,27)(H,25,26). The van der Waals surface area contributed by atoms with Gasteiger partial charge in [-0.15, -0.1) is 11.3 Å². The maximum Gasteiger partial charge on any atom is 0.271 e. The van der Waals surface area contributed by atoms with Crippen molar-refractivity contribution in [3.8, 4) is 16.3 Å². The number of rotatable bonds is 6. The molecule has 0 aliphatic carbocycles. The number of nitrogens with one attached hydrogen (secondary N) is 2. The van der Waals surface area contributed by atoms with Crippen molar-refractivity contribution in [1.82, 2.24) is 15.6 Å². The molecule has 0 bridgehead atoms. The second-order valence-corrected chi connectivity index (χ2v) is 6.82. The third-order valence-electron chi connectivity index (χ3n) is 4.13. The van der Waals surface area contributed by atoms with Crippen LogP contribution in [0.5, 0.6) is 5.75 Å². The van der Waals surface area contributed by atoms with Gasteiger partial charge in [-0.1, -0.05) is 6.07 Å². The highest BCUT2D eigenvalue weighted by atomic mass is 32.1. The number of halogens is 2. The number of ether oxygens (including phenoxy) is 1. The fourth-order valence-corrected chi connectivity index (χ4v) is 3.39. The lowest BCUT2D eigenvalue weighted by Gasteiger charge is -2.17. The number of carbonyl (C=O) groups excluding carboxylic acids is 2. The van der Waals surface area contributed by atoms with Crippen molar-refractivity contribution >= 4 is 23.2 Å². The smallest absolute Gasteiger partial charge is 0.271 e. The molecule has 0 spiro atoms. The Bertz CT molecular complexity index is 1040. The first-order chi connectivity index (χ1) is 13.9. The van der Waals surface area contributed by atoms with Crippen molar-refractivity contribution in [3.05, 3.63) is 70.7 Å². The van der Waals surface area contributed by atoms with Crippen LogP contribution in [0, 0.1) is 11.6 Å². The molecule has 0 aliphatic heterocycles. The van der Waals surface area contributed by atoms with Gasteiger partial charge in [0.15, 0.2) is 11.6 Å². The minimum Gasteiger partial charge on any atom is -0.497 e. The first kappa shape index (κ1) is 20.4.